The Morgan fingerprint density at radius 3 is 2.33 bits per heavy atom. The first-order chi connectivity index (χ1) is 11.3. The Morgan fingerprint density at radius 2 is 1.83 bits per heavy atom. The van der Waals surface area contributed by atoms with E-state index in [0.717, 1.165) is 22.0 Å². The van der Waals surface area contributed by atoms with E-state index in [1.807, 2.05) is 13.8 Å². The molecule has 0 aromatic carbocycles. The van der Waals surface area contributed by atoms with Gasteiger partial charge in [0.2, 0.25) is 0 Å². The van der Waals surface area contributed by atoms with Crippen LogP contribution in [0.3, 0.4) is 0 Å². The number of carbonyl (C=O) groups is 1. The van der Waals surface area contributed by atoms with Gasteiger partial charge >= 0.3 is 0 Å². The van der Waals surface area contributed by atoms with Crippen molar-refractivity contribution in [1.29, 1.82) is 0 Å². The maximum atomic E-state index is 12.6. The van der Waals surface area contributed by atoms with Crippen molar-refractivity contribution in [3.8, 4) is 0 Å². The number of nitrogens with zero attached hydrogens (tertiary/aromatic N) is 3. The first kappa shape index (κ1) is 17.8. The van der Waals surface area contributed by atoms with Crippen molar-refractivity contribution < 1.29 is 13.2 Å². The van der Waals surface area contributed by atoms with Gasteiger partial charge in [0.15, 0.2) is 0 Å². The summed E-state index contributed by atoms with van der Waals surface area (Å²) in [6.07, 6.45) is 0. The van der Waals surface area contributed by atoms with Crippen LogP contribution in [0, 0.1) is 13.8 Å². The number of thiophene rings is 1. The molecule has 130 valence electrons. The molecule has 1 fully saturated rings. The van der Waals surface area contributed by atoms with Gasteiger partial charge in [-0.25, -0.2) is 13.4 Å². The van der Waals surface area contributed by atoms with Crippen molar-refractivity contribution >= 4 is 50.2 Å². The maximum absolute atomic E-state index is 12.6. The van der Waals surface area contributed by atoms with Crippen LogP contribution in [0.2, 0.25) is 4.34 Å². The highest BCUT2D eigenvalue weighted by molar-refractivity contribution is 7.91. The van der Waals surface area contributed by atoms with Crippen molar-refractivity contribution in [3.05, 3.63) is 32.0 Å². The van der Waals surface area contributed by atoms with Gasteiger partial charge in [-0.2, -0.15) is 4.31 Å². The number of piperazine rings is 1. The minimum Gasteiger partial charge on any atom is -0.335 e. The number of hydrogen-bond donors (Lipinski definition) is 0. The van der Waals surface area contributed by atoms with E-state index in [2.05, 4.69) is 4.98 Å². The molecule has 0 N–H and O–H groups in total. The molecule has 24 heavy (non-hydrogen) atoms. The third-order valence-corrected chi connectivity index (χ3v) is 8.42. The average molecular weight is 406 g/mol. The highest BCUT2D eigenvalue weighted by atomic mass is 35.5. The van der Waals surface area contributed by atoms with Crippen molar-refractivity contribution in [2.45, 2.75) is 18.1 Å². The molecular formula is C14H16ClN3O3S3. The van der Waals surface area contributed by atoms with E-state index in [0.29, 0.717) is 22.3 Å². The topological polar surface area (TPSA) is 70.6 Å². The second-order valence-corrected chi connectivity index (χ2v) is 10.5. The number of aryl methyl sites for hydroxylation is 2. The van der Waals surface area contributed by atoms with Crippen LogP contribution in [-0.4, -0.2) is 54.7 Å². The third kappa shape index (κ3) is 3.36. The molecule has 3 rings (SSSR count). The minimum absolute atomic E-state index is 0.0747. The monoisotopic (exact) mass is 405 g/mol. The SMILES string of the molecule is Cc1nc(C)c(C(=O)N2CCN(S(=O)(=O)c3ccc(Cl)s3)CC2)s1. The lowest BCUT2D eigenvalue weighted by Gasteiger charge is -2.33. The first-order valence-electron chi connectivity index (χ1n) is 7.28. The molecule has 1 aliphatic heterocycles. The van der Waals surface area contributed by atoms with Gasteiger partial charge in [0, 0.05) is 26.2 Å². The number of amides is 1. The predicted molar refractivity (Wildman–Crippen MR) is 95.6 cm³/mol. The van der Waals surface area contributed by atoms with Crippen LogP contribution in [0.5, 0.6) is 0 Å². The Morgan fingerprint density at radius 1 is 1.17 bits per heavy atom. The number of halogens is 1. The molecule has 0 spiro atoms. The van der Waals surface area contributed by atoms with Crippen LogP contribution >= 0.6 is 34.3 Å². The summed E-state index contributed by atoms with van der Waals surface area (Å²) >= 11 is 8.25. The van der Waals surface area contributed by atoms with Crippen molar-refractivity contribution in [3.63, 3.8) is 0 Å². The van der Waals surface area contributed by atoms with Crippen LogP contribution in [0.1, 0.15) is 20.4 Å². The molecule has 1 amide bonds. The average Bonchev–Trinajstić information content (AvgIpc) is 3.12. The summed E-state index contributed by atoms with van der Waals surface area (Å²) in [6, 6.07) is 3.09. The Kier molecular flexibility index (Phi) is 4.99. The van der Waals surface area contributed by atoms with E-state index in [4.69, 9.17) is 11.6 Å². The lowest BCUT2D eigenvalue weighted by molar-refractivity contribution is 0.0702. The minimum atomic E-state index is -3.54. The van der Waals surface area contributed by atoms with Gasteiger partial charge in [0.1, 0.15) is 9.09 Å². The maximum Gasteiger partial charge on any atom is 0.265 e. The van der Waals surface area contributed by atoms with Crippen molar-refractivity contribution in [1.82, 2.24) is 14.2 Å². The quantitative estimate of drug-likeness (QED) is 0.786. The second kappa shape index (κ2) is 6.72. The van der Waals surface area contributed by atoms with Crippen LogP contribution in [0.25, 0.3) is 0 Å². The van der Waals surface area contributed by atoms with Crippen LogP contribution in [0.4, 0.5) is 0 Å². The van der Waals surface area contributed by atoms with Gasteiger partial charge in [-0.15, -0.1) is 22.7 Å². The zero-order chi connectivity index (χ0) is 17.5. The lowest BCUT2D eigenvalue weighted by atomic mass is 10.3. The Labute approximate surface area is 153 Å². The molecule has 0 atom stereocenters. The first-order valence-corrected chi connectivity index (χ1v) is 10.7. The van der Waals surface area contributed by atoms with Gasteiger partial charge in [0.25, 0.3) is 15.9 Å². The number of hydrogen-bond acceptors (Lipinski definition) is 6. The summed E-state index contributed by atoms with van der Waals surface area (Å²) in [5, 5.41) is 0.853. The highest BCUT2D eigenvalue weighted by Crippen LogP contribution is 2.29. The van der Waals surface area contributed by atoms with E-state index in [1.54, 1.807) is 11.0 Å². The van der Waals surface area contributed by atoms with Crippen LogP contribution in [-0.2, 0) is 10.0 Å². The van der Waals surface area contributed by atoms with Crippen LogP contribution < -0.4 is 0 Å². The molecule has 2 aromatic rings. The normalized spacial score (nSPS) is 16.5. The summed E-state index contributed by atoms with van der Waals surface area (Å²) in [5.74, 6) is -0.0747. The highest BCUT2D eigenvalue weighted by Gasteiger charge is 2.32. The zero-order valence-corrected chi connectivity index (χ0v) is 16.4. The molecule has 1 aliphatic rings. The van der Waals surface area contributed by atoms with E-state index < -0.39 is 10.0 Å². The van der Waals surface area contributed by atoms with E-state index >= 15 is 0 Å². The van der Waals surface area contributed by atoms with E-state index in [-0.39, 0.29) is 23.2 Å². The fraction of sp³-hybridized carbons (Fsp3) is 0.429. The van der Waals surface area contributed by atoms with Crippen molar-refractivity contribution in [2.75, 3.05) is 26.2 Å². The van der Waals surface area contributed by atoms with E-state index in [9.17, 15) is 13.2 Å². The fourth-order valence-corrected chi connectivity index (χ4v) is 6.52. The number of rotatable bonds is 3. The molecule has 0 radical (unpaired) electrons. The molecular weight excluding hydrogens is 390 g/mol. The number of carbonyl (C=O) groups excluding carboxylic acids is 1. The summed E-state index contributed by atoms with van der Waals surface area (Å²) in [5.41, 5.74) is 0.728. The van der Waals surface area contributed by atoms with Crippen LogP contribution in [0.15, 0.2) is 16.3 Å². The number of thiazole rings is 1. The fourth-order valence-electron chi connectivity index (χ4n) is 2.57. The molecule has 0 unspecified atom stereocenters. The van der Waals surface area contributed by atoms with Crippen molar-refractivity contribution in [2.24, 2.45) is 0 Å². The molecule has 0 aliphatic carbocycles. The predicted octanol–water partition coefficient (Wildman–Crippen LogP) is 2.62. The zero-order valence-electron chi connectivity index (χ0n) is 13.2. The lowest BCUT2D eigenvalue weighted by Crippen LogP contribution is -2.50. The molecule has 2 aromatic heterocycles. The van der Waals surface area contributed by atoms with Gasteiger partial charge in [-0.3, -0.25) is 4.79 Å². The molecule has 1 saturated heterocycles. The summed E-state index contributed by atoms with van der Waals surface area (Å²) < 4.78 is 27.2. The summed E-state index contributed by atoms with van der Waals surface area (Å²) in [6.45, 7) is 4.98. The molecule has 10 heteroatoms. The van der Waals surface area contributed by atoms with Gasteiger partial charge in [-0.1, -0.05) is 11.6 Å². The Bertz CT molecular complexity index is 867. The third-order valence-electron chi connectivity index (χ3n) is 3.77. The standard InChI is InChI=1S/C14H16ClN3O3S3/c1-9-13(22-10(2)16-9)14(19)17-5-7-18(8-6-17)24(20,21)12-4-3-11(15)23-12/h3-4H,5-8H2,1-2H3. The van der Waals surface area contributed by atoms with Gasteiger partial charge in [-0.05, 0) is 26.0 Å². The molecule has 3 heterocycles. The molecule has 0 saturated carbocycles. The summed E-state index contributed by atoms with van der Waals surface area (Å²) in [4.78, 5) is 19.2. The second-order valence-electron chi connectivity index (χ2n) is 5.40. The Hall–Kier alpha value is -1.00. The number of aromatic nitrogens is 1. The van der Waals surface area contributed by atoms with E-state index in [1.165, 1.54) is 21.7 Å². The number of sulfonamides is 1. The molecule has 6 nitrogen and oxygen atoms in total. The smallest absolute Gasteiger partial charge is 0.265 e. The molecule has 0 bridgehead atoms. The van der Waals surface area contributed by atoms with Gasteiger partial charge in [0.05, 0.1) is 15.0 Å². The van der Waals surface area contributed by atoms with Gasteiger partial charge < -0.3 is 4.90 Å². The summed E-state index contributed by atoms with van der Waals surface area (Å²) in [7, 11) is -3.54. The Balaban J connectivity index is 1.70. The largest absolute Gasteiger partial charge is 0.335 e.